The lowest BCUT2D eigenvalue weighted by atomic mass is 9.99. The maximum Gasteiger partial charge on any atom is 0.277 e. The molecule has 0 radical (unpaired) electrons. The molecular weight excluding hydrogens is 452 g/mol. The number of nitrogens with zero attached hydrogens (tertiary/aromatic N) is 4. The number of aliphatic hydroxyl groups is 1. The highest BCUT2D eigenvalue weighted by molar-refractivity contribution is 8.13. The molecule has 1 aromatic carbocycles. The van der Waals surface area contributed by atoms with Crippen LogP contribution in [0.3, 0.4) is 0 Å². The lowest BCUT2D eigenvalue weighted by molar-refractivity contribution is 0.0785. The zero-order chi connectivity index (χ0) is 22.4. The van der Waals surface area contributed by atoms with Crippen LogP contribution in [0.5, 0.6) is 0 Å². The minimum Gasteiger partial charge on any atom is -0.386 e. The fraction of sp³-hybridized carbons (Fsp3) is 0.150. The Labute approximate surface area is 192 Å². The first-order valence-corrected chi connectivity index (χ1v) is 11.5. The second-order valence-electron chi connectivity index (χ2n) is 6.65. The molecule has 0 atom stereocenters. The Morgan fingerprint density at radius 2 is 2.00 bits per heavy atom. The Hall–Kier alpha value is -2.73. The molecule has 0 saturated heterocycles. The van der Waals surface area contributed by atoms with Crippen LogP contribution in [0.15, 0.2) is 73.0 Å². The maximum absolute atomic E-state index is 12.9. The van der Waals surface area contributed by atoms with E-state index >= 15 is 0 Å². The predicted octanol–water partition coefficient (Wildman–Crippen LogP) is 4.19. The van der Waals surface area contributed by atoms with Gasteiger partial charge in [0.1, 0.15) is 10.7 Å². The highest BCUT2D eigenvalue weighted by Gasteiger charge is 2.19. The van der Waals surface area contributed by atoms with Crippen LogP contribution in [0, 0.1) is 0 Å². The van der Waals surface area contributed by atoms with Crippen LogP contribution in [0.25, 0.3) is 0 Å². The molecule has 0 aliphatic heterocycles. The summed E-state index contributed by atoms with van der Waals surface area (Å²) in [6.07, 6.45) is 1.61. The lowest BCUT2D eigenvalue weighted by Crippen LogP contribution is -2.16. The van der Waals surface area contributed by atoms with E-state index in [0.717, 1.165) is 22.2 Å². The van der Waals surface area contributed by atoms with Crippen molar-refractivity contribution >= 4 is 57.8 Å². The van der Waals surface area contributed by atoms with E-state index in [-0.39, 0.29) is 16.8 Å². The van der Waals surface area contributed by atoms with Gasteiger partial charge in [-0.05, 0) is 55.4 Å². The van der Waals surface area contributed by atoms with E-state index in [0.29, 0.717) is 15.1 Å². The van der Waals surface area contributed by atoms with E-state index in [1.807, 2.05) is 24.3 Å². The highest BCUT2D eigenvalue weighted by Crippen LogP contribution is 2.33. The van der Waals surface area contributed by atoms with Gasteiger partial charge >= 0.3 is 0 Å². The molecule has 2 heterocycles. The number of hydrogen-bond donors (Lipinski definition) is 3. The topological polar surface area (TPSA) is 126 Å². The number of thiazole rings is 1. The number of anilines is 1. The Morgan fingerprint density at radius 1 is 1.26 bits per heavy atom. The van der Waals surface area contributed by atoms with Crippen molar-refractivity contribution < 1.29 is 9.90 Å². The first-order valence-electron chi connectivity index (χ1n) is 8.96. The Balaban J connectivity index is 1.91. The van der Waals surface area contributed by atoms with E-state index < -0.39 is 5.60 Å². The summed E-state index contributed by atoms with van der Waals surface area (Å²) in [5.41, 5.74) is 5.87. The summed E-state index contributed by atoms with van der Waals surface area (Å²) < 4.78 is 0. The van der Waals surface area contributed by atoms with Crippen LogP contribution in [0.2, 0.25) is 0 Å². The highest BCUT2D eigenvalue weighted by atomic mass is 32.2. The van der Waals surface area contributed by atoms with Crippen molar-refractivity contribution in [3.8, 4) is 0 Å². The number of benzene rings is 1. The number of aromatic nitrogens is 2. The summed E-state index contributed by atoms with van der Waals surface area (Å²) >= 11 is 3.79. The summed E-state index contributed by atoms with van der Waals surface area (Å²) in [6, 6.07) is 11.1. The fourth-order valence-corrected chi connectivity index (χ4v) is 4.43. The van der Waals surface area contributed by atoms with E-state index in [2.05, 4.69) is 32.2 Å². The number of pyridine rings is 1. The van der Waals surface area contributed by atoms with Gasteiger partial charge in [-0.25, -0.2) is 9.97 Å². The predicted molar refractivity (Wildman–Crippen MR) is 127 cm³/mol. The molecule has 0 aliphatic rings. The third-order valence-corrected chi connectivity index (χ3v) is 6.34. The number of carbonyl (C=O) groups is 1. The monoisotopic (exact) mass is 472 g/mol. The molecule has 0 aliphatic carbocycles. The third kappa shape index (κ3) is 6.37. The number of hydrogen-bond acceptors (Lipinski definition) is 9. The first-order chi connectivity index (χ1) is 14.8. The van der Waals surface area contributed by atoms with Crippen molar-refractivity contribution in [2.75, 3.05) is 5.32 Å². The molecule has 31 heavy (non-hydrogen) atoms. The van der Waals surface area contributed by atoms with E-state index in [4.69, 9.17) is 5.73 Å². The summed E-state index contributed by atoms with van der Waals surface area (Å²) in [6.45, 7) is 6.73. The van der Waals surface area contributed by atoms with E-state index in [9.17, 15) is 9.90 Å². The molecule has 0 saturated carbocycles. The molecule has 0 bridgehead atoms. The van der Waals surface area contributed by atoms with Crippen LogP contribution in [0.1, 0.15) is 29.9 Å². The molecule has 8 nitrogen and oxygen atoms in total. The van der Waals surface area contributed by atoms with Crippen molar-refractivity contribution in [1.82, 2.24) is 9.97 Å². The minimum absolute atomic E-state index is 0.163. The molecule has 11 heteroatoms. The number of nitrogens with one attached hydrogen (secondary N) is 1. The molecule has 4 N–H and O–H groups in total. The average molecular weight is 473 g/mol. The zero-order valence-electron chi connectivity index (χ0n) is 16.8. The van der Waals surface area contributed by atoms with Crippen LogP contribution >= 0.6 is 34.9 Å². The number of thioether (sulfide) groups is 1. The number of rotatable bonds is 7. The van der Waals surface area contributed by atoms with Gasteiger partial charge in [0.15, 0.2) is 10.3 Å². The fourth-order valence-electron chi connectivity index (χ4n) is 2.43. The summed E-state index contributed by atoms with van der Waals surface area (Å²) in [7, 11) is 0. The molecule has 160 valence electrons. The Bertz CT molecular complexity index is 1090. The van der Waals surface area contributed by atoms with E-state index in [1.54, 1.807) is 37.6 Å². The van der Waals surface area contributed by atoms with Crippen molar-refractivity contribution in [2.45, 2.75) is 34.3 Å². The van der Waals surface area contributed by atoms with Crippen LogP contribution in [-0.4, -0.2) is 32.9 Å². The SMILES string of the molecule is C=N/N=C(\N)Sc1ccc(Sc2ccc(C(C)(C)O)cc2)c(C(=O)Nc2nccs2)n1. The third-order valence-electron chi connectivity index (χ3n) is 3.87. The molecule has 1 amide bonds. The van der Waals surface area contributed by atoms with Gasteiger partial charge in [0.05, 0.1) is 5.60 Å². The first kappa shape index (κ1) is 22.9. The zero-order valence-corrected chi connectivity index (χ0v) is 19.2. The van der Waals surface area contributed by atoms with Crippen molar-refractivity contribution in [3.05, 3.63) is 59.2 Å². The quantitative estimate of drug-likeness (QED) is 0.204. The smallest absolute Gasteiger partial charge is 0.277 e. The molecule has 0 spiro atoms. The minimum atomic E-state index is -0.926. The number of amides is 1. The normalized spacial score (nSPS) is 11.9. The molecule has 2 aromatic heterocycles. The molecule has 0 fully saturated rings. The van der Waals surface area contributed by atoms with Gasteiger partial charge in [0.2, 0.25) is 0 Å². The number of amidine groups is 1. The van der Waals surface area contributed by atoms with Crippen molar-refractivity contribution in [1.29, 1.82) is 0 Å². The summed E-state index contributed by atoms with van der Waals surface area (Å²) in [5.74, 6) is -0.384. The van der Waals surface area contributed by atoms with Crippen LogP contribution < -0.4 is 11.1 Å². The Morgan fingerprint density at radius 3 is 2.61 bits per heavy atom. The van der Waals surface area contributed by atoms with Gasteiger partial charge in [-0.2, -0.15) is 5.10 Å². The lowest BCUT2D eigenvalue weighted by Gasteiger charge is -2.18. The second kappa shape index (κ2) is 10.1. The average Bonchev–Trinajstić information content (AvgIpc) is 3.22. The maximum atomic E-state index is 12.9. The molecular formula is C20H20N6O2S3. The largest absolute Gasteiger partial charge is 0.386 e. The van der Waals surface area contributed by atoms with Gasteiger partial charge < -0.3 is 10.8 Å². The van der Waals surface area contributed by atoms with Gasteiger partial charge in [0.25, 0.3) is 5.91 Å². The second-order valence-corrected chi connectivity index (χ2v) is 9.71. The standard InChI is InChI=1S/C20H20N6O2S3/c1-20(2,28)12-4-6-13(7-5-12)30-14-8-9-15(31-18(21)26-22-3)24-16(14)17(27)25-19-23-10-11-29-19/h4-11,28H,3H2,1-2H3,(H2,21,26)(H,23,25,27). The van der Waals surface area contributed by atoms with Crippen molar-refractivity contribution in [3.63, 3.8) is 0 Å². The van der Waals surface area contributed by atoms with Crippen LogP contribution in [-0.2, 0) is 5.60 Å². The molecule has 3 aromatic rings. The van der Waals surface area contributed by atoms with Gasteiger partial charge in [0, 0.05) is 28.1 Å². The molecule has 0 unspecified atom stereocenters. The van der Waals surface area contributed by atoms with Gasteiger partial charge in [-0.1, -0.05) is 23.9 Å². The van der Waals surface area contributed by atoms with Crippen molar-refractivity contribution in [2.24, 2.45) is 15.9 Å². The van der Waals surface area contributed by atoms with Crippen LogP contribution in [0.4, 0.5) is 5.13 Å². The summed E-state index contributed by atoms with van der Waals surface area (Å²) in [5, 5.41) is 22.9. The van der Waals surface area contributed by atoms with Gasteiger partial charge in [-0.15, -0.1) is 16.4 Å². The Kier molecular flexibility index (Phi) is 7.44. The molecule has 3 rings (SSSR count). The summed E-state index contributed by atoms with van der Waals surface area (Å²) in [4.78, 5) is 23.0. The number of carbonyl (C=O) groups excluding carboxylic acids is 1. The van der Waals surface area contributed by atoms with Gasteiger partial charge in [-0.3, -0.25) is 10.1 Å². The van der Waals surface area contributed by atoms with E-state index in [1.165, 1.54) is 23.1 Å². The number of nitrogens with two attached hydrogens (primary N) is 1.